The number of Topliss-reactive ketones (excluding diaryl/α,β-unsaturated/α-hetero) is 1. The molecule has 3 atom stereocenters. The van der Waals surface area contributed by atoms with Crippen molar-refractivity contribution in [2.75, 3.05) is 21.3 Å². The Balaban J connectivity index is 1.92. The molecule has 0 aliphatic heterocycles. The number of benzene rings is 2. The van der Waals surface area contributed by atoms with Crippen LogP contribution in [0.1, 0.15) is 27.4 Å². The van der Waals surface area contributed by atoms with Gasteiger partial charge >= 0.3 is 5.97 Å². The first-order chi connectivity index (χ1) is 12.9. The molecule has 1 aliphatic rings. The van der Waals surface area contributed by atoms with Gasteiger partial charge in [0.1, 0.15) is 5.75 Å². The SMILES string of the molecule is COc1ccc(C(=O)C2C(C(=O)O)C2c2ccc(OC)c(OC)c2)cc1C. The largest absolute Gasteiger partial charge is 0.496 e. The third-order valence-corrected chi connectivity index (χ3v) is 5.08. The van der Waals surface area contributed by atoms with Gasteiger partial charge in [-0.1, -0.05) is 6.07 Å². The molecule has 3 unspecified atom stereocenters. The molecule has 0 spiro atoms. The van der Waals surface area contributed by atoms with Crippen LogP contribution >= 0.6 is 0 Å². The van der Waals surface area contributed by atoms with Crippen LogP contribution in [0.3, 0.4) is 0 Å². The third kappa shape index (κ3) is 3.35. The van der Waals surface area contributed by atoms with E-state index in [0.29, 0.717) is 22.8 Å². The number of carbonyl (C=O) groups excluding carboxylic acids is 1. The zero-order chi connectivity index (χ0) is 19.7. The number of carbonyl (C=O) groups is 2. The number of aliphatic carboxylic acids is 1. The van der Waals surface area contributed by atoms with Crippen LogP contribution in [0.2, 0.25) is 0 Å². The van der Waals surface area contributed by atoms with Crippen molar-refractivity contribution in [3.05, 3.63) is 53.1 Å². The Morgan fingerprint density at radius 2 is 1.48 bits per heavy atom. The van der Waals surface area contributed by atoms with E-state index < -0.39 is 23.7 Å². The van der Waals surface area contributed by atoms with E-state index in [0.717, 1.165) is 11.1 Å². The third-order valence-electron chi connectivity index (χ3n) is 5.08. The number of ketones is 1. The first-order valence-corrected chi connectivity index (χ1v) is 8.56. The van der Waals surface area contributed by atoms with Crippen LogP contribution < -0.4 is 14.2 Å². The Morgan fingerprint density at radius 3 is 2.04 bits per heavy atom. The van der Waals surface area contributed by atoms with Gasteiger partial charge in [0.15, 0.2) is 17.3 Å². The molecule has 1 saturated carbocycles. The Hall–Kier alpha value is -3.02. The molecule has 0 bridgehead atoms. The predicted octanol–water partition coefficient (Wildman–Crippen LogP) is 3.32. The van der Waals surface area contributed by atoms with E-state index in [1.165, 1.54) is 14.2 Å². The highest BCUT2D eigenvalue weighted by Crippen LogP contribution is 2.56. The van der Waals surface area contributed by atoms with E-state index in [1.54, 1.807) is 43.5 Å². The molecule has 2 aromatic carbocycles. The molecule has 6 nitrogen and oxygen atoms in total. The second-order valence-electron chi connectivity index (χ2n) is 6.58. The van der Waals surface area contributed by atoms with Crippen molar-refractivity contribution in [3.63, 3.8) is 0 Å². The maximum atomic E-state index is 13.0. The minimum absolute atomic E-state index is 0.173. The van der Waals surface area contributed by atoms with Gasteiger partial charge in [-0.3, -0.25) is 9.59 Å². The summed E-state index contributed by atoms with van der Waals surface area (Å²) in [4.78, 5) is 24.7. The lowest BCUT2D eigenvalue weighted by Gasteiger charge is -2.09. The standard InChI is InChI=1S/C21H22O6/c1-11-9-13(6-7-14(11)25-2)20(22)18-17(19(18)21(23)24)12-5-8-15(26-3)16(10-12)27-4/h5-10,17-19H,1-4H3,(H,23,24). The zero-order valence-corrected chi connectivity index (χ0v) is 15.7. The number of rotatable bonds is 7. The highest BCUT2D eigenvalue weighted by Gasteiger charge is 2.59. The molecule has 1 fully saturated rings. The Labute approximate surface area is 157 Å². The maximum absolute atomic E-state index is 13.0. The van der Waals surface area contributed by atoms with Gasteiger partial charge in [-0.15, -0.1) is 0 Å². The van der Waals surface area contributed by atoms with Gasteiger partial charge in [0.25, 0.3) is 0 Å². The normalized spacial score (nSPS) is 20.7. The minimum atomic E-state index is -0.974. The molecule has 0 saturated heterocycles. The molecule has 0 heterocycles. The van der Waals surface area contributed by atoms with Gasteiger partial charge in [-0.2, -0.15) is 0 Å². The zero-order valence-electron chi connectivity index (χ0n) is 15.7. The lowest BCUT2D eigenvalue weighted by molar-refractivity contribution is -0.138. The number of carboxylic acid groups (broad SMARTS) is 1. The molecule has 6 heteroatoms. The van der Waals surface area contributed by atoms with Crippen molar-refractivity contribution >= 4 is 11.8 Å². The van der Waals surface area contributed by atoms with Crippen LogP contribution in [0.25, 0.3) is 0 Å². The highest BCUT2D eigenvalue weighted by atomic mass is 16.5. The monoisotopic (exact) mass is 370 g/mol. The van der Waals surface area contributed by atoms with Crippen molar-refractivity contribution in [2.45, 2.75) is 12.8 Å². The van der Waals surface area contributed by atoms with Gasteiger partial charge in [-0.05, 0) is 48.4 Å². The molecule has 1 N–H and O–H groups in total. The number of carboxylic acids is 1. The van der Waals surface area contributed by atoms with Gasteiger partial charge in [0, 0.05) is 17.4 Å². The fourth-order valence-electron chi connectivity index (χ4n) is 3.64. The van der Waals surface area contributed by atoms with Crippen molar-refractivity contribution in [2.24, 2.45) is 11.8 Å². The summed E-state index contributed by atoms with van der Waals surface area (Å²) >= 11 is 0. The number of hydrogen-bond acceptors (Lipinski definition) is 5. The molecular weight excluding hydrogens is 348 g/mol. The van der Waals surface area contributed by atoms with Crippen molar-refractivity contribution in [3.8, 4) is 17.2 Å². The van der Waals surface area contributed by atoms with E-state index in [2.05, 4.69) is 0 Å². The van der Waals surface area contributed by atoms with Gasteiger partial charge in [0.2, 0.25) is 0 Å². The summed E-state index contributed by atoms with van der Waals surface area (Å²) in [5, 5.41) is 9.59. The average molecular weight is 370 g/mol. The van der Waals surface area contributed by atoms with E-state index in [1.807, 2.05) is 6.92 Å². The van der Waals surface area contributed by atoms with Crippen LogP contribution in [0.15, 0.2) is 36.4 Å². The highest BCUT2D eigenvalue weighted by molar-refractivity contribution is 6.04. The molecule has 27 heavy (non-hydrogen) atoms. The molecule has 3 rings (SSSR count). The molecule has 142 valence electrons. The van der Waals surface area contributed by atoms with Crippen LogP contribution in [-0.4, -0.2) is 38.2 Å². The molecular formula is C21H22O6. The quantitative estimate of drug-likeness (QED) is 0.753. The van der Waals surface area contributed by atoms with Crippen molar-refractivity contribution in [1.82, 2.24) is 0 Å². The summed E-state index contributed by atoms with van der Waals surface area (Å²) in [5.74, 6) is -1.14. The van der Waals surface area contributed by atoms with Crippen LogP contribution in [0.5, 0.6) is 17.2 Å². The van der Waals surface area contributed by atoms with Crippen molar-refractivity contribution in [1.29, 1.82) is 0 Å². The van der Waals surface area contributed by atoms with Gasteiger partial charge < -0.3 is 19.3 Å². The first-order valence-electron chi connectivity index (χ1n) is 8.56. The lowest BCUT2D eigenvalue weighted by atomic mass is 10.0. The first kappa shape index (κ1) is 18.8. The van der Waals surface area contributed by atoms with E-state index in [9.17, 15) is 14.7 Å². The predicted molar refractivity (Wildman–Crippen MR) is 99.0 cm³/mol. The number of ether oxygens (including phenoxy) is 3. The van der Waals surface area contributed by atoms with Crippen LogP contribution in [0, 0.1) is 18.8 Å². The minimum Gasteiger partial charge on any atom is -0.496 e. The molecule has 0 aromatic heterocycles. The van der Waals surface area contributed by atoms with E-state index in [-0.39, 0.29) is 5.78 Å². The smallest absolute Gasteiger partial charge is 0.307 e. The van der Waals surface area contributed by atoms with Gasteiger partial charge in [0.05, 0.1) is 27.2 Å². The fraction of sp³-hybridized carbons (Fsp3) is 0.333. The second-order valence-corrected chi connectivity index (χ2v) is 6.58. The van der Waals surface area contributed by atoms with Gasteiger partial charge in [-0.25, -0.2) is 0 Å². The summed E-state index contributed by atoms with van der Waals surface area (Å²) in [7, 11) is 4.62. The summed E-state index contributed by atoms with van der Waals surface area (Å²) in [6.07, 6.45) is 0. The lowest BCUT2D eigenvalue weighted by Crippen LogP contribution is -2.08. The summed E-state index contributed by atoms with van der Waals surface area (Å²) in [6, 6.07) is 10.4. The average Bonchev–Trinajstić information content (AvgIpc) is 3.42. The fourth-order valence-corrected chi connectivity index (χ4v) is 3.64. The molecule has 0 radical (unpaired) electrons. The number of methoxy groups -OCH3 is 3. The molecule has 2 aromatic rings. The summed E-state index contributed by atoms with van der Waals surface area (Å²) in [6.45, 7) is 1.85. The Morgan fingerprint density at radius 1 is 0.852 bits per heavy atom. The molecule has 0 amide bonds. The summed E-state index contributed by atoms with van der Waals surface area (Å²) in [5.41, 5.74) is 2.08. The maximum Gasteiger partial charge on any atom is 0.307 e. The Bertz CT molecular complexity index is 888. The van der Waals surface area contributed by atoms with Crippen LogP contribution in [-0.2, 0) is 4.79 Å². The summed E-state index contributed by atoms with van der Waals surface area (Å²) < 4.78 is 15.7. The van der Waals surface area contributed by atoms with E-state index >= 15 is 0 Å². The van der Waals surface area contributed by atoms with E-state index in [4.69, 9.17) is 14.2 Å². The van der Waals surface area contributed by atoms with Crippen LogP contribution in [0.4, 0.5) is 0 Å². The second kappa shape index (κ2) is 7.31. The number of aryl methyl sites for hydroxylation is 1. The number of hydrogen-bond donors (Lipinski definition) is 1. The Kier molecular flexibility index (Phi) is 5.08. The topological polar surface area (TPSA) is 82.1 Å². The van der Waals surface area contributed by atoms with Crippen molar-refractivity contribution < 1.29 is 28.9 Å². The molecule has 1 aliphatic carbocycles.